The first-order chi connectivity index (χ1) is 10.3. The Morgan fingerprint density at radius 3 is 2.18 bits per heavy atom. The molecule has 2 aromatic rings. The van der Waals surface area contributed by atoms with Gasteiger partial charge in [0.05, 0.1) is 0 Å². The number of amides is 1. The first-order valence-electron chi connectivity index (χ1n) is 6.50. The Kier molecular flexibility index (Phi) is 4.07. The van der Waals surface area contributed by atoms with Gasteiger partial charge in [-0.15, -0.1) is 0 Å². The summed E-state index contributed by atoms with van der Waals surface area (Å²) in [4.78, 5) is 46.9. The third-order valence-electron chi connectivity index (χ3n) is 3.24. The van der Waals surface area contributed by atoms with Crippen LogP contribution in [-0.2, 0) is 14.1 Å². The van der Waals surface area contributed by atoms with Crippen molar-refractivity contribution in [2.45, 2.75) is 6.92 Å². The largest absolute Gasteiger partial charge is 0.330 e. The molecule has 1 heterocycles. The molecule has 0 unspecified atom stereocenters. The maximum atomic E-state index is 12.2. The number of ketones is 1. The number of carbonyl (C=O) groups excluding carboxylic acids is 2. The zero-order chi connectivity index (χ0) is 16.4. The van der Waals surface area contributed by atoms with Crippen LogP contribution in [0.5, 0.6) is 0 Å². The van der Waals surface area contributed by atoms with Crippen LogP contribution in [0.15, 0.2) is 40.1 Å². The van der Waals surface area contributed by atoms with Crippen molar-refractivity contribution in [2.24, 2.45) is 14.1 Å². The van der Waals surface area contributed by atoms with Crippen molar-refractivity contribution in [3.05, 3.63) is 62.4 Å². The van der Waals surface area contributed by atoms with Crippen LogP contribution in [0.1, 0.15) is 27.6 Å². The van der Waals surface area contributed by atoms with E-state index in [2.05, 4.69) is 5.32 Å². The van der Waals surface area contributed by atoms with Crippen molar-refractivity contribution >= 4 is 17.4 Å². The summed E-state index contributed by atoms with van der Waals surface area (Å²) in [5.74, 6) is -0.698. The van der Waals surface area contributed by atoms with Gasteiger partial charge in [-0.3, -0.25) is 19.0 Å². The summed E-state index contributed by atoms with van der Waals surface area (Å²) in [6.45, 7) is 1.45. The first-order valence-corrected chi connectivity index (χ1v) is 6.50. The molecule has 7 heteroatoms. The predicted octanol–water partition coefficient (Wildman–Crippen LogP) is 0.539. The fourth-order valence-corrected chi connectivity index (χ4v) is 1.95. The molecular weight excluding hydrogens is 286 g/mol. The minimum Gasteiger partial charge on any atom is -0.322 e. The van der Waals surface area contributed by atoms with Crippen molar-refractivity contribution in [3.8, 4) is 0 Å². The van der Waals surface area contributed by atoms with Gasteiger partial charge < -0.3 is 9.88 Å². The summed E-state index contributed by atoms with van der Waals surface area (Å²) in [5.41, 5.74) is -0.338. The summed E-state index contributed by atoms with van der Waals surface area (Å²) >= 11 is 0. The van der Waals surface area contributed by atoms with Gasteiger partial charge >= 0.3 is 5.69 Å². The highest BCUT2D eigenvalue weighted by Gasteiger charge is 2.14. The molecule has 1 N–H and O–H groups in total. The summed E-state index contributed by atoms with van der Waals surface area (Å²) < 4.78 is 2.03. The van der Waals surface area contributed by atoms with Crippen LogP contribution < -0.4 is 16.6 Å². The lowest BCUT2D eigenvalue weighted by Crippen LogP contribution is -2.40. The van der Waals surface area contributed by atoms with Crippen molar-refractivity contribution in [2.75, 3.05) is 5.32 Å². The number of carbonyl (C=O) groups is 2. The number of nitrogens with zero attached hydrogens (tertiary/aromatic N) is 2. The van der Waals surface area contributed by atoms with Crippen LogP contribution in [0.25, 0.3) is 0 Å². The Balaban J connectivity index is 2.32. The second-order valence-corrected chi connectivity index (χ2v) is 4.89. The van der Waals surface area contributed by atoms with Gasteiger partial charge in [0.25, 0.3) is 11.5 Å². The molecular formula is C15H15N3O4. The zero-order valence-electron chi connectivity index (χ0n) is 12.4. The van der Waals surface area contributed by atoms with Crippen molar-refractivity contribution in [3.63, 3.8) is 0 Å². The van der Waals surface area contributed by atoms with Crippen molar-refractivity contribution < 1.29 is 9.59 Å². The topological polar surface area (TPSA) is 90.2 Å². The van der Waals surface area contributed by atoms with Crippen LogP contribution in [0.4, 0.5) is 5.69 Å². The third-order valence-corrected chi connectivity index (χ3v) is 3.24. The van der Waals surface area contributed by atoms with Gasteiger partial charge in [-0.1, -0.05) is 0 Å². The predicted molar refractivity (Wildman–Crippen MR) is 81.3 cm³/mol. The van der Waals surface area contributed by atoms with Crippen LogP contribution in [0, 0.1) is 0 Å². The van der Waals surface area contributed by atoms with Crippen LogP contribution in [0.2, 0.25) is 0 Å². The van der Waals surface area contributed by atoms with E-state index in [4.69, 9.17) is 0 Å². The van der Waals surface area contributed by atoms with Gasteiger partial charge in [-0.2, -0.15) is 0 Å². The molecule has 0 bridgehead atoms. The van der Waals surface area contributed by atoms with Gasteiger partial charge in [-0.25, -0.2) is 4.79 Å². The number of rotatable bonds is 3. The van der Waals surface area contributed by atoms with E-state index in [9.17, 15) is 19.2 Å². The van der Waals surface area contributed by atoms with Crippen LogP contribution >= 0.6 is 0 Å². The molecule has 0 aliphatic carbocycles. The molecule has 0 spiro atoms. The van der Waals surface area contributed by atoms with E-state index < -0.39 is 17.2 Å². The molecule has 0 saturated carbocycles. The molecule has 7 nitrogen and oxygen atoms in total. The minimum atomic E-state index is -0.666. The Hall–Kier alpha value is -2.96. The van der Waals surface area contributed by atoms with Gasteiger partial charge in [-0.05, 0) is 31.2 Å². The van der Waals surface area contributed by atoms with Crippen LogP contribution in [-0.4, -0.2) is 20.8 Å². The molecule has 0 radical (unpaired) electrons. The van der Waals surface area contributed by atoms with E-state index in [-0.39, 0.29) is 11.3 Å². The molecule has 0 aliphatic rings. The van der Waals surface area contributed by atoms with Gasteiger partial charge in [0, 0.05) is 31.5 Å². The minimum absolute atomic E-state index is 0.0789. The monoisotopic (exact) mass is 301 g/mol. The number of Topliss-reactive ketones (excluding diaryl/α,β-unsaturated/α-hetero) is 1. The Morgan fingerprint density at radius 1 is 1.05 bits per heavy atom. The molecule has 1 amide bonds. The molecule has 0 fully saturated rings. The van der Waals surface area contributed by atoms with E-state index in [0.29, 0.717) is 11.3 Å². The lowest BCUT2D eigenvalue weighted by molar-refractivity contribution is 0.101. The maximum absolute atomic E-state index is 12.2. The van der Waals surface area contributed by atoms with E-state index in [1.807, 2.05) is 0 Å². The number of hydrogen-bond acceptors (Lipinski definition) is 4. The Bertz CT molecular complexity index is 860. The molecule has 0 saturated heterocycles. The van der Waals surface area contributed by atoms with E-state index in [1.165, 1.54) is 27.2 Å². The molecule has 0 aliphatic heterocycles. The normalized spacial score (nSPS) is 10.3. The Labute approximate surface area is 125 Å². The lowest BCUT2D eigenvalue weighted by atomic mass is 10.1. The summed E-state index contributed by atoms with van der Waals surface area (Å²) in [6, 6.07) is 6.30. The first kappa shape index (κ1) is 15.4. The van der Waals surface area contributed by atoms with Crippen molar-refractivity contribution in [1.29, 1.82) is 0 Å². The fraction of sp³-hybridized carbons (Fsp3) is 0.200. The highest BCUT2D eigenvalue weighted by Crippen LogP contribution is 2.10. The summed E-state index contributed by atoms with van der Waals surface area (Å²) in [5, 5.41) is 2.56. The number of benzene rings is 1. The molecule has 2 rings (SSSR count). The average Bonchev–Trinajstić information content (AvgIpc) is 2.49. The van der Waals surface area contributed by atoms with E-state index in [0.717, 1.165) is 9.13 Å². The van der Waals surface area contributed by atoms with Gasteiger partial charge in [0.15, 0.2) is 5.78 Å². The number of aromatic nitrogens is 2. The van der Waals surface area contributed by atoms with E-state index in [1.54, 1.807) is 24.3 Å². The number of anilines is 1. The highest BCUT2D eigenvalue weighted by molar-refractivity contribution is 6.04. The number of aryl methyl sites for hydroxylation is 1. The standard InChI is InChI=1S/C15H15N3O4/c1-9(19)10-4-6-11(7-5-10)16-13(20)12-8-17(2)15(22)18(3)14(12)21/h4-8H,1-3H3,(H,16,20). The zero-order valence-corrected chi connectivity index (χ0v) is 12.4. The number of nitrogens with one attached hydrogen (secondary N) is 1. The quantitative estimate of drug-likeness (QED) is 0.838. The third kappa shape index (κ3) is 2.88. The van der Waals surface area contributed by atoms with Gasteiger partial charge in [0.1, 0.15) is 5.56 Å². The van der Waals surface area contributed by atoms with Crippen LogP contribution in [0.3, 0.4) is 0 Å². The molecule has 114 valence electrons. The SMILES string of the molecule is CC(=O)c1ccc(NC(=O)c2cn(C)c(=O)n(C)c2=O)cc1. The highest BCUT2D eigenvalue weighted by atomic mass is 16.2. The molecule has 0 atom stereocenters. The molecule has 1 aromatic heterocycles. The number of hydrogen-bond donors (Lipinski definition) is 1. The lowest BCUT2D eigenvalue weighted by Gasteiger charge is -2.08. The fourth-order valence-electron chi connectivity index (χ4n) is 1.95. The molecule has 22 heavy (non-hydrogen) atoms. The van der Waals surface area contributed by atoms with Crippen molar-refractivity contribution in [1.82, 2.24) is 9.13 Å². The Morgan fingerprint density at radius 2 is 1.64 bits per heavy atom. The van der Waals surface area contributed by atoms with E-state index >= 15 is 0 Å². The maximum Gasteiger partial charge on any atom is 0.330 e. The average molecular weight is 301 g/mol. The smallest absolute Gasteiger partial charge is 0.322 e. The van der Waals surface area contributed by atoms with Gasteiger partial charge in [0.2, 0.25) is 0 Å². The molecule has 1 aromatic carbocycles. The second kappa shape index (κ2) is 5.80. The summed E-state index contributed by atoms with van der Waals surface area (Å²) in [7, 11) is 2.77. The second-order valence-electron chi connectivity index (χ2n) is 4.89. The summed E-state index contributed by atoms with van der Waals surface area (Å²) in [6.07, 6.45) is 1.20.